The lowest BCUT2D eigenvalue weighted by molar-refractivity contribution is 0.265. The highest BCUT2D eigenvalue weighted by atomic mass is 19.1. The average molecular weight is 287 g/mol. The largest absolute Gasteiger partial charge is 0.332 e. The minimum atomic E-state index is -0.415. The second kappa shape index (κ2) is 5.98. The number of halogens is 1. The molecule has 1 aromatic heterocycles. The van der Waals surface area contributed by atoms with E-state index < -0.39 is 6.67 Å². The third-order valence-corrected chi connectivity index (χ3v) is 4.35. The highest BCUT2D eigenvalue weighted by Crippen LogP contribution is 2.26. The summed E-state index contributed by atoms with van der Waals surface area (Å²) in [7, 11) is 0. The second-order valence-corrected chi connectivity index (χ2v) is 6.07. The molecule has 1 aliphatic heterocycles. The lowest BCUT2D eigenvalue weighted by atomic mass is 10.1. The number of benzene rings is 1. The summed E-state index contributed by atoms with van der Waals surface area (Å²) in [6, 6.07) is 8.65. The summed E-state index contributed by atoms with van der Waals surface area (Å²) in [4.78, 5) is 7.01. The Balaban J connectivity index is 1.74. The molecule has 1 aromatic carbocycles. The molecule has 3 rings (SSSR count). The maximum absolute atomic E-state index is 12.5. The molecule has 4 heteroatoms. The number of hydrogen-bond acceptors (Lipinski definition) is 2. The molecule has 3 nitrogen and oxygen atoms in total. The van der Waals surface area contributed by atoms with Crippen LogP contribution in [0.15, 0.2) is 36.8 Å². The van der Waals surface area contributed by atoms with Gasteiger partial charge < -0.3 is 4.57 Å². The summed E-state index contributed by atoms with van der Waals surface area (Å²) in [5.41, 5.74) is 2.72. The first-order chi connectivity index (χ1) is 10.2. The number of rotatable bonds is 4. The quantitative estimate of drug-likeness (QED) is 0.855. The van der Waals surface area contributed by atoms with Gasteiger partial charge in [0.1, 0.15) is 6.67 Å². The van der Waals surface area contributed by atoms with Crippen LogP contribution in [0.5, 0.6) is 0 Å². The van der Waals surface area contributed by atoms with Crippen molar-refractivity contribution in [3.8, 4) is 11.3 Å². The zero-order valence-electron chi connectivity index (χ0n) is 12.7. The van der Waals surface area contributed by atoms with Crippen molar-refractivity contribution >= 4 is 0 Å². The molecule has 0 bridgehead atoms. The molecule has 1 aliphatic rings. The van der Waals surface area contributed by atoms with Gasteiger partial charge in [-0.25, -0.2) is 9.37 Å². The van der Waals surface area contributed by atoms with Gasteiger partial charge in [0.05, 0.1) is 12.0 Å². The second-order valence-electron chi connectivity index (χ2n) is 6.07. The Hall–Kier alpha value is -1.68. The maximum atomic E-state index is 12.5. The van der Waals surface area contributed by atoms with Gasteiger partial charge in [0.25, 0.3) is 0 Å². The van der Waals surface area contributed by atoms with E-state index in [0.717, 1.165) is 24.3 Å². The van der Waals surface area contributed by atoms with Crippen molar-refractivity contribution in [3.63, 3.8) is 0 Å². The monoisotopic (exact) mass is 287 g/mol. The fourth-order valence-corrected chi connectivity index (χ4v) is 2.93. The van der Waals surface area contributed by atoms with Crippen molar-refractivity contribution in [1.82, 2.24) is 14.5 Å². The van der Waals surface area contributed by atoms with Crippen molar-refractivity contribution < 1.29 is 4.39 Å². The predicted octanol–water partition coefficient (Wildman–Crippen LogP) is 3.67. The van der Waals surface area contributed by atoms with Gasteiger partial charge in [0, 0.05) is 36.9 Å². The fraction of sp³-hybridized carbons (Fsp3) is 0.471. The molecule has 0 radical (unpaired) electrons. The molecule has 0 aliphatic carbocycles. The molecular formula is C17H22FN3. The van der Waals surface area contributed by atoms with Crippen LogP contribution in [0, 0.1) is 0 Å². The van der Waals surface area contributed by atoms with Crippen molar-refractivity contribution in [2.75, 3.05) is 13.1 Å². The first kappa shape index (κ1) is 14.3. The highest BCUT2D eigenvalue weighted by Gasteiger charge is 2.25. The van der Waals surface area contributed by atoms with E-state index in [0.29, 0.717) is 17.6 Å². The Bertz CT molecular complexity index is 588. The van der Waals surface area contributed by atoms with Crippen LogP contribution in [0.2, 0.25) is 0 Å². The molecule has 2 aromatic rings. The average Bonchev–Trinajstić information content (AvgIpc) is 3.16. The Morgan fingerprint density at radius 1 is 1.29 bits per heavy atom. The molecule has 0 saturated carbocycles. The Morgan fingerprint density at radius 2 is 2.05 bits per heavy atom. The first-order valence-corrected chi connectivity index (χ1v) is 7.60. The van der Waals surface area contributed by atoms with Crippen LogP contribution in [0.3, 0.4) is 0 Å². The highest BCUT2D eigenvalue weighted by molar-refractivity contribution is 5.58. The molecule has 2 heterocycles. The minimum absolute atomic E-state index is 0.415. The fourth-order valence-electron chi connectivity index (χ4n) is 2.93. The maximum Gasteiger partial charge on any atom is 0.115 e. The number of hydrogen-bond donors (Lipinski definition) is 0. The third kappa shape index (κ3) is 3.00. The normalized spacial score (nSPS) is 19.5. The van der Waals surface area contributed by atoms with Crippen LogP contribution in [0.25, 0.3) is 11.3 Å². The number of nitrogens with zero attached hydrogens (tertiary/aromatic N) is 3. The van der Waals surface area contributed by atoms with Crippen molar-refractivity contribution in [2.24, 2.45) is 0 Å². The molecule has 1 fully saturated rings. The van der Waals surface area contributed by atoms with Gasteiger partial charge in [-0.1, -0.05) is 24.3 Å². The molecule has 0 amide bonds. The Kier molecular flexibility index (Phi) is 4.06. The molecule has 1 atom stereocenters. The molecule has 0 unspecified atom stereocenters. The Labute approximate surface area is 125 Å². The number of imidazole rings is 1. The van der Waals surface area contributed by atoms with Gasteiger partial charge >= 0.3 is 0 Å². The number of likely N-dealkylation sites (tertiary alicyclic amines) is 1. The van der Waals surface area contributed by atoms with E-state index in [1.54, 1.807) is 0 Å². The van der Waals surface area contributed by atoms with Gasteiger partial charge in [0.2, 0.25) is 0 Å². The van der Waals surface area contributed by atoms with Crippen LogP contribution >= 0.6 is 0 Å². The molecule has 0 N–H and O–H groups in total. The summed E-state index contributed by atoms with van der Waals surface area (Å²) in [6.45, 7) is 6.32. The summed E-state index contributed by atoms with van der Waals surface area (Å²) in [5.74, 6) is 0. The standard InChI is InChI=1S/C17H22FN3/c1-13(2)20-8-7-16(10-20)21-11-17(19-12-21)15-5-3-14(9-18)4-6-15/h3-6,11-13,16H,7-10H2,1-2H3/t16-/m1/s1. The summed E-state index contributed by atoms with van der Waals surface area (Å²) >= 11 is 0. The van der Waals surface area contributed by atoms with Gasteiger partial charge in [-0.05, 0) is 25.8 Å². The lowest BCUT2D eigenvalue weighted by Gasteiger charge is -2.20. The van der Waals surface area contributed by atoms with E-state index in [4.69, 9.17) is 0 Å². The van der Waals surface area contributed by atoms with E-state index in [1.165, 1.54) is 6.42 Å². The van der Waals surface area contributed by atoms with Gasteiger partial charge in [-0.3, -0.25) is 4.90 Å². The minimum Gasteiger partial charge on any atom is -0.332 e. The Morgan fingerprint density at radius 3 is 2.67 bits per heavy atom. The summed E-state index contributed by atoms with van der Waals surface area (Å²) in [6.07, 6.45) is 5.21. The van der Waals surface area contributed by atoms with E-state index >= 15 is 0 Å². The SMILES string of the molecule is CC(C)N1CC[C@@H](n2cnc(-c3ccc(CF)cc3)c2)C1. The van der Waals surface area contributed by atoms with Gasteiger partial charge in [-0.2, -0.15) is 0 Å². The lowest BCUT2D eigenvalue weighted by Crippen LogP contribution is -2.28. The molecule has 21 heavy (non-hydrogen) atoms. The zero-order chi connectivity index (χ0) is 14.8. The van der Waals surface area contributed by atoms with Crippen molar-refractivity contribution in [2.45, 2.75) is 39.0 Å². The summed E-state index contributed by atoms with van der Waals surface area (Å²) < 4.78 is 14.8. The van der Waals surface area contributed by atoms with Crippen LogP contribution in [0.1, 0.15) is 31.9 Å². The van der Waals surface area contributed by atoms with E-state index in [2.05, 4.69) is 34.5 Å². The molecule has 112 valence electrons. The molecule has 0 spiro atoms. The van der Waals surface area contributed by atoms with Crippen LogP contribution < -0.4 is 0 Å². The summed E-state index contributed by atoms with van der Waals surface area (Å²) in [5, 5.41) is 0. The van der Waals surface area contributed by atoms with Crippen LogP contribution in [-0.2, 0) is 6.67 Å². The van der Waals surface area contributed by atoms with Crippen LogP contribution in [0.4, 0.5) is 4.39 Å². The molecular weight excluding hydrogens is 265 g/mol. The van der Waals surface area contributed by atoms with E-state index in [1.807, 2.05) is 30.6 Å². The third-order valence-electron chi connectivity index (χ3n) is 4.35. The molecule has 1 saturated heterocycles. The van der Waals surface area contributed by atoms with E-state index in [9.17, 15) is 4.39 Å². The zero-order valence-corrected chi connectivity index (χ0v) is 12.7. The number of aromatic nitrogens is 2. The smallest absolute Gasteiger partial charge is 0.115 e. The van der Waals surface area contributed by atoms with Crippen molar-refractivity contribution in [3.05, 3.63) is 42.4 Å². The van der Waals surface area contributed by atoms with Crippen molar-refractivity contribution in [1.29, 1.82) is 0 Å². The number of alkyl halides is 1. The first-order valence-electron chi connectivity index (χ1n) is 7.60. The van der Waals surface area contributed by atoms with Gasteiger partial charge in [-0.15, -0.1) is 0 Å². The van der Waals surface area contributed by atoms with E-state index in [-0.39, 0.29) is 0 Å². The topological polar surface area (TPSA) is 21.1 Å². The van der Waals surface area contributed by atoms with Crippen LogP contribution in [-0.4, -0.2) is 33.6 Å². The predicted molar refractivity (Wildman–Crippen MR) is 82.8 cm³/mol. The van der Waals surface area contributed by atoms with Gasteiger partial charge in [0.15, 0.2) is 0 Å².